The van der Waals surface area contributed by atoms with Gasteiger partial charge >= 0.3 is 0 Å². The van der Waals surface area contributed by atoms with Crippen molar-refractivity contribution in [3.8, 4) is 0 Å². The van der Waals surface area contributed by atoms with Crippen LogP contribution >= 0.6 is 15.9 Å². The Labute approximate surface area is 79.3 Å². The van der Waals surface area contributed by atoms with E-state index in [0.29, 0.717) is 0 Å². The van der Waals surface area contributed by atoms with E-state index < -0.39 is 0 Å². The van der Waals surface area contributed by atoms with Gasteiger partial charge < -0.3 is 6.15 Å². The zero-order valence-corrected chi connectivity index (χ0v) is 8.08. The largest absolute Gasteiger partial charge is 0.344 e. The molecule has 62 valence electrons. The van der Waals surface area contributed by atoms with Gasteiger partial charge in [0.1, 0.15) is 0 Å². The van der Waals surface area contributed by atoms with Crippen LogP contribution in [0.5, 0.6) is 0 Å². The van der Waals surface area contributed by atoms with Gasteiger partial charge in [0.2, 0.25) is 0 Å². The predicted octanol–water partition coefficient (Wildman–Crippen LogP) is 3.16. The second-order valence-corrected chi connectivity index (χ2v) is 3.16. The molecule has 2 aromatic rings. The maximum Gasteiger partial charge on any atom is 0.0713 e. The third-order valence-electron chi connectivity index (χ3n) is 1.60. The van der Waals surface area contributed by atoms with E-state index in [0.717, 1.165) is 15.4 Å². The Hall–Kier alpha value is -0.930. The molecule has 0 saturated carbocycles. The Balaban J connectivity index is 0.000000720. The molecular formula is C9H9BrN2. The number of benzene rings is 1. The van der Waals surface area contributed by atoms with Gasteiger partial charge in [-0.2, -0.15) is 0 Å². The van der Waals surface area contributed by atoms with E-state index in [9.17, 15) is 0 Å². The van der Waals surface area contributed by atoms with Crippen molar-refractivity contribution in [2.45, 2.75) is 0 Å². The van der Waals surface area contributed by atoms with Crippen molar-refractivity contribution in [2.24, 2.45) is 0 Å². The molecule has 3 heteroatoms. The number of hydrogen-bond donors (Lipinski definition) is 1. The van der Waals surface area contributed by atoms with Crippen LogP contribution in [0.4, 0.5) is 0 Å². The molecule has 0 atom stereocenters. The minimum absolute atomic E-state index is 0. The molecule has 0 fully saturated rings. The van der Waals surface area contributed by atoms with Gasteiger partial charge in [-0.3, -0.25) is 4.98 Å². The van der Waals surface area contributed by atoms with Crippen LogP contribution in [0.25, 0.3) is 10.9 Å². The molecule has 0 aliphatic rings. The van der Waals surface area contributed by atoms with Crippen LogP contribution in [-0.4, -0.2) is 4.98 Å². The first kappa shape index (κ1) is 9.16. The van der Waals surface area contributed by atoms with Gasteiger partial charge in [-0.15, -0.1) is 0 Å². The Kier molecular flexibility index (Phi) is 2.78. The smallest absolute Gasteiger partial charge is 0.0713 e. The second kappa shape index (κ2) is 3.65. The number of rotatable bonds is 0. The van der Waals surface area contributed by atoms with Gasteiger partial charge in [-0.25, -0.2) is 0 Å². The molecule has 0 unspecified atom stereocenters. The van der Waals surface area contributed by atoms with E-state index in [1.807, 2.05) is 30.3 Å². The molecule has 1 aromatic carbocycles. The Bertz CT molecular complexity index is 382. The summed E-state index contributed by atoms with van der Waals surface area (Å²) in [6.07, 6.45) is 1.80. The molecule has 0 amide bonds. The number of para-hydroxylation sites is 1. The average Bonchev–Trinajstić information content (AvgIpc) is 2.06. The minimum atomic E-state index is 0. The van der Waals surface area contributed by atoms with Crippen LogP contribution in [0, 0.1) is 0 Å². The lowest BCUT2D eigenvalue weighted by molar-refractivity contribution is 1.40. The van der Waals surface area contributed by atoms with Gasteiger partial charge in [-0.1, -0.05) is 34.1 Å². The summed E-state index contributed by atoms with van der Waals surface area (Å²) in [5, 5.41) is 1.16. The van der Waals surface area contributed by atoms with Crippen LogP contribution in [-0.2, 0) is 0 Å². The normalized spacial score (nSPS) is 9.42. The highest BCUT2D eigenvalue weighted by Crippen LogP contribution is 2.20. The fourth-order valence-corrected chi connectivity index (χ4v) is 1.51. The molecule has 12 heavy (non-hydrogen) atoms. The molecule has 0 radical (unpaired) electrons. The van der Waals surface area contributed by atoms with E-state index in [1.54, 1.807) is 6.20 Å². The molecule has 1 heterocycles. The summed E-state index contributed by atoms with van der Waals surface area (Å²) in [6.45, 7) is 0. The van der Waals surface area contributed by atoms with E-state index in [-0.39, 0.29) is 6.15 Å². The maximum atomic E-state index is 4.21. The van der Waals surface area contributed by atoms with E-state index in [1.165, 1.54) is 0 Å². The van der Waals surface area contributed by atoms with Crippen LogP contribution < -0.4 is 6.15 Å². The predicted molar refractivity (Wildman–Crippen MR) is 54.5 cm³/mol. The fraction of sp³-hybridized carbons (Fsp3) is 0. The SMILES string of the molecule is Brc1ccnc2ccccc12.N. The van der Waals surface area contributed by atoms with Gasteiger partial charge in [0.25, 0.3) is 0 Å². The number of pyridine rings is 1. The first-order chi connectivity index (χ1) is 5.38. The zero-order chi connectivity index (χ0) is 7.68. The molecule has 0 aliphatic heterocycles. The quantitative estimate of drug-likeness (QED) is 0.748. The van der Waals surface area contributed by atoms with Crippen molar-refractivity contribution in [1.29, 1.82) is 0 Å². The lowest BCUT2D eigenvalue weighted by Gasteiger charge is -1.96. The summed E-state index contributed by atoms with van der Waals surface area (Å²) >= 11 is 3.46. The molecule has 0 spiro atoms. The zero-order valence-electron chi connectivity index (χ0n) is 6.50. The lowest BCUT2D eigenvalue weighted by atomic mass is 10.2. The summed E-state index contributed by atoms with van der Waals surface area (Å²) < 4.78 is 1.10. The average molecular weight is 225 g/mol. The highest BCUT2D eigenvalue weighted by atomic mass is 79.9. The first-order valence-corrected chi connectivity index (χ1v) is 4.16. The summed E-state index contributed by atoms with van der Waals surface area (Å²) in [5.74, 6) is 0. The van der Waals surface area contributed by atoms with Crippen LogP contribution in [0.1, 0.15) is 0 Å². The summed E-state index contributed by atoms with van der Waals surface area (Å²) in [5.41, 5.74) is 1.03. The van der Waals surface area contributed by atoms with Crippen molar-refractivity contribution in [2.75, 3.05) is 0 Å². The van der Waals surface area contributed by atoms with Gasteiger partial charge in [0.05, 0.1) is 5.52 Å². The van der Waals surface area contributed by atoms with Gasteiger partial charge in [-0.05, 0) is 12.1 Å². The third-order valence-corrected chi connectivity index (χ3v) is 2.29. The highest BCUT2D eigenvalue weighted by Gasteiger charge is 1.94. The van der Waals surface area contributed by atoms with Crippen molar-refractivity contribution < 1.29 is 0 Å². The van der Waals surface area contributed by atoms with Gasteiger partial charge in [0.15, 0.2) is 0 Å². The summed E-state index contributed by atoms with van der Waals surface area (Å²) in [6, 6.07) is 9.99. The van der Waals surface area contributed by atoms with Crippen molar-refractivity contribution >= 4 is 26.8 Å². The van der Waals surface area contributed by atoms with Crippen LogP contribution in [0.15, 0.2) is 41.0 Å². The second-order valence-electron chi connectivity index (χ2n) is 2.31. The minimum Gasteiger partial charge on any atom is -0.344 e. The molecule has 0 bridgehead atoms. The number of hydrogen-bond acceptors (Lipinski definition) is 2. The molecule has 0 aliphatic carbocycles. The Morgan fingerprint density at radius 3 is 2.58 bits per heavy atom. The number of fused-ring (bicyclic) bond motifs is 1. The molecule has 2 rings (SSSR count). The topological polar surface area (TPSA) is 47.9 Å². The molecule has 1 aromatic heterocycles. The van der Waals surface area contributed by atoms with E-state index in [4.69, 9.17) is 0 Å². The summed E-state index contributed by atoms with van der Waals surface area (Å²) in [7, 11) is 0. The molecule has 2 nitrogen and oxygen atoms in total. The molecule has 3 N–H and O–H groups in total. The monoisotopic (exact) mass is 224 g/mol. The number of halogens is 1. The summed E-state index contributed by atoms with van der Waals surface area (Å²) in [4.78, 5) is 4.21. The van der Waals surface area contributed by atoms with E-state index in [2.05, 4.69) is 20.9 Å². The first-order valence-electron chi connectivity index (χ1n) is 3.37. The van der Waals surface area contributed by atoms with Crippen LogP contribution in [0.3, 0.4) is 0 Å². The Morgan fingerprint density at radius 2 is 1.83 bits per heavy atom. The van der Waals surface area contributed by atoms with Crippen molar-refractivity contribution in [1.82, 2.24) is 11.1 Å². The lowest BCUT2D eigenvalue weighted by Crippen LogP contribution is -1.76. The maximum absolute atomic E-state index is 4.21. The van der Waals surface area contributed by atoms with Crippen molar-refractivity contribution in [3.05, 3.63) is 41.0 Å². The molecule has 0 saturated heterocycles. The Morgan fingerprint density at radius 1 is 1.08 bits per heavy atom. The van der Waals surface area contributed by atoms with Crippen molar-refractivity contribution in [3.63, 3.8) is 0 Å². The standard InChI is InChI=1S/C9H6BrN.H3N/c10-8-5-6-11-9-4-2-1-3-7(8)9;/h1-6H;1H3. The van der Waals surface area contributed by atoms with Gasteiger partial charge in [0, 0.05) is 16.1 Å². The third kappa shape index (κ3) is 1.47. The van der Waals surface area contributed by atoms with Crippen LogP contribution in [0.2, 0.25) is 0 Å². The molecular weight excluding hydrogens is 216 g/mol. The highest BCUT2D eigenvalue weighted by molar-refractivity contribution is 9.10. The fourth-order valence-electron chi connectivity index (χ4n) is 1.06. The van der Waals surface area contributed by atoms with E-state index >= 15 is 0 Å². The number of nitrogens with zero attached hydrogens (tertiary/aromatic N) is 1. The number of aromatic nitrogens is 1.